The number of hydrogen-bond donors (Lipinski definition) is 0. The van der Waals surface area contributed by atoms with E-state index >= 15 is 0 Å². The number of amides is 1. The minimum absolute atomic E-state index is 0.199. The van der Waals surface area contributed by atoms with Crippen LogP contribution in [0.2, 0.25) is 0 Å². The van der Waals surface area contributed by atoms with E-state index in [4.69, 9.17) is 9.47 Å². The van der Waals surface area contributed by atoms with Gasteiger partial charge in [0.05, 0.1) is 18.3 Å². The number of hydrogen-bond acceptors (Lipinski definition) is 3. The second kappa shape index (κ2) is 4.71. The van der Waals surface area contributed by atoms with Crippen molar-refractivity contribution in [3.05, 3.63) is 29.6 Å². The molecule has 5 heteroatoms. The Morgan fingerprint density at radius 2 is 2.35 bits per heavy atom. The van der Waals surface area contributed by atoms with Crippen LogP contribution in [0.1, 0.15) is 5.56 Å². The van der Waals surface area contributed by atoms with E-state index in [-0.39, 0.29) is 18.5 Å². The van der Waals surface area contributed by atoms with E-state index < -0.39 is 6.09 Å². The summed E-state index contributed by atoms with van der Waals surface area (Å²) in [7, 11) is 1.55. The van der Waals surface area contributed by atoms with E-state index in [2.05, 4.69) is 0 Å². The zero-order valence-electron chi connectivity index (χ0n) is 9.77. The van der Waals surface area contributed by atoms with Gasteiger partial charge in [0.15, 0.2) is 0 Å². The number of halogens is 1. The fraction of sp³-hybridized carbons (Fsp3) is 0.417. The van der Waals surface area contributed by atoms with Gasteiger partial charge in [0.1, 0.15) is 12.4 Å². The molecule has 0 bridgehead atoms. The Morgan fingerprint density at radius 3 is 3.00 bits per heavy atom. The topological polar surface area (TPSA) is 38.8 Å². The van der Waals surface area contributed by atoms with E-state index in [9.17, 15) is 9.18 Å². The normalized spacial score (nSPS) is 19.6. The predicted octanol–water partition coefficient (Wildman–Crippen LogP) is 2.11. The molecule has 2 rings (SSSR count). The van der Waals surface area contributed by atoms with E-state index in [0.29, 0.717) is 17.9 Å². The van der Waals surface area contributed by atoms with E-state index in [0.717, 1.165) is 0 Å². The standard InChI is InChI=1S/C12H14FNO3/c1-8-3-4-9(5-11(8)13)14-10(6-16-2)7-17-12(14)15/h3-5,10H,6-7H2,1-2H3. The van der Waals surface area contributed by atoms with Crippen LogP contribution < -0.4 is 4.90 Å². The molecule has 17 heavy (non-hydrogen) atoms. The second-order valence-corrected chi connectivity index (χ2v) is 3.99. The van der Waals surface area contributed by atoms with Gasteiger partial charge in [0, 0.05) is 7.11 Å². The molecule has 0 aliphatic carbocycles. The van der Waals surface area contributed by atoms with Crippen LogP contribution in [-0.2, 0) is 9.47 Å². The lowest BCUT2D eigenvalue weighted by Crippen LogP contribution is -2.36. The number of carbonyl (C=O) groups is 1. The number of rotatable bonds is 3. The zero-order chi connectivity index (χ0) is 12.4. The molecule has 1 aromatic rings. The lowest BCUT2D eigenvalue weighted by atomic mass is 10.2. The van der Waals surface area contributed by atoms with Crippen LogP contribution in [0, 0.1) is 12.7 Å². The fourth-order valence-electron chi connectivity index (χ4n) is 1.82. The largest absolute Gasteiger partial charge is 0.447 e. The maximum absolute atomic E-state index is 13.5. The van der Waals surface area contributed by atoms with Crippen LogP contribution >= 0.6 is 0 Å². The Bertz CT molecular complexity index is 436. The van der Waals surface area contributed by atoms with E-state index in [1.807, 2.05) is 0 Å². The van der Waals surface area contributed by atoms with Crippen molar-refractivity contribution in [1.82, 2.24) is 0 Å². The summed E-state index contributed by atoms with van der Waals surface area (Å²) in [5.41, 5.74) is 1.04. The van der Waals surface area contributed by atoms with Crippen molar-refractivity contribution in [2.75, 3.05) is 25.2 Å². The van der Waals surface area contributed by atoms with Crippen LogP contribution in [0.3, 0.4) is 0 Å². The number of benzene rings is 1. The van der Waals surface area contributed by atoms with Crippen LogP contribution in [0.4, 0.5) is 14.9 Å². The van der Waals surface area contributed by atoms with Gasteiger partial charge in [-0.3, -0.25) is 4.90 Å². The highest BCUT2D eigenvalue weighted by Crippen LogP contribution is 2.25. The molecule has 1 saturated heterocycles. The maximum Gasteiger partial charge on any atom is 0.414 e. The van der Waals surface area contributed by atoms with Gasteiger partial charge in [-0.15, -0.1) is 0 Å². The van der Waals surface area contributed by atoms with Gasteiger partial charge in [-0.1, -0.05) is 6.07 Å². The van der Waals surface area contributed by atoms with Gasteiger partial charge >= 0.3 is 6.09 Å². The van der Waals surface area contributed by atoms with E-state index in [1.165, 1.54) is 11.0 Å². The van der Waals surface area contributed by atoms with Gasteiger partial charge in [0.25, 0.3) is 0 Å². The molecule has 1 heterocycles. The van der Waals surface area contributed by atoms with Gasteiger partial charge in [-0.25, -0.2) is 9.18 Å². The summed E-state index contributed by atoms with van der Waals surface area (Å²) in [5, 5.41) is 0. The molecular formula is C12H14FNO3. The summed E-state index contributed by atoms with van der Waals surface area (Å²) in [6.07, 6.45) is -0.463. The van der Waals surface area contributed by atoms with Gasteiger partial charge < -0.3 is 9.47 Å². The molecule has 0 radical (unpaired) electrons. The number of methoxy groups -OCH3 is 1. The van der Waals surface area contributed by atoms with Crippen molar-refractivity contribution in [1.29, 1.82) is 0 Å². The monoisotopic (exact) mass is 239 g/mol. The minimum atomic E-state index is -0.463. The van der Waals surface area contributed by atoms with Crippen LogP contribution in [-0.4, -0.2) is 32.5 Å². The summed E-state index contributed by atoms with van der Waals surface area (Å²) >= 11 is 0. The van der Waals surface area contributed by atoms with Crippen molar-refractivity contribution in [3.8, 4) is 0 Å². The number of aryl methyl sites for hydroxylation is 1. The Hall–Kier alpha value is -1.62. The summed E-state index contributed by atoms with van der Waals surface area (Å²) in [5.74, 6) is -0.335. The molecule has 1 atom stereocenters. The average molecular weight is 239 g/mol. The second-order valence-electron chi connectivity index (χ2n) is 3.99. The highest BCUT2D eigenvalue weighted by atomic mass is 19.1. The van der Waals surface area contributed by atoms with E-state index in [1.54, 1.807) is 26.2 Å². The highest BCUT2D eigenvalue weighted by molar-refractivity contribution is 5.90. The first-order valence-corrected chi connectivity index (χ1v) is 5.34. The zero-order valence-corrected chi connectivity index (χ0v) is 9.77. The molecule has 0 spiro atoms. The third-order valence-electron chi connectivity index (χ3n) is 2.75. The summed E-state index contributed by atoms with van der Waals surface area (Å²) in [4.78, 5) is 13.0. The van der Waals surface area contributed by atoms with Crippen molar-refractivity contribution in [2.24, 2.45) is 0 Å². The Morgan fingerprint density at radius 1 is 1.59 bits per heavy atom. The molecule has 1 unspecified atom stereocenters. The molecule has 1 aliphatic heterocycles. The molecular weight excluding hydrogens is 225 g/mol. The highest BCUT2D eigenvalue weighted by Gasteiger charge is 2.34. The van der Waals surface area contributed by atoms with Gasteiger partial charge in [0.2, 0.25) is 0 Å². The minimum Gasteiger partial charge on any atom is -0.447 e. The number of nitrogens with zero attached hydrogens (tertiary/aromatic N) is 1. The van der Waals surface area contributed by atoms with Crippen LogP contribution in [0.15, 0.2) is 18.2 Å². The molecule has 92 valence electrons. The molecule has 4 nitrogen and oxygen atoms in total. The van der Waals surface area contributed by atoms with Crippen LogP contribution in [0.5, 0.6) is 0 Å². The fourth-order valence-corrected chi connectivity index (χ4v) is 1.82. The molecule has 1 aliphatic rings. The predicted molar refractivity (Wildman–Crippen MR) is 60.6 cm³/mol. The third kappa shape index (κ3) is 2.24. The van der Waals surface area contributed by atoms with Crippen molar-refractivity contribution < 1.29 is 18.7 Å². The first-order valence-electron chi connectivity index (χ1n) is 5.34. The van der Waals surface area contributed by atoms with Crippen molar-refractivity contribution in [3.63, 3.8) is 0 Å². The molecule has 1 aromatic carbocycles. The smallest absolute Gasteiger partial charge is 0.414 e. The number of anilines is 1. The quantitative estimate of drug-likeness (QED) is 0.810. The average Bonchev–Trinajstić information content (AvgIpc) is 2.65. The SMILES string of the molecule is COCC1COC(=O)N1c1ccc(C)c(F)c1. The summed E-state index contributed by atoms with van der Waals surface area (Å²) in [6, 6.07) is 4.48. The maximum atomic E-state index is 13.5. The number of cyclic esters (lactones) is 1. The van der Waals surface area contributed by atoms with Gasteiger partial charge in [-0.05, 0) is 24.6 Å². The summed E-state index contributed by atoms with van der Waals surface area (Å²) in [6.45, 7) is 2.30. The molecule has 1 fully saturated rings. The summed E-state index contributed by atoms with van der Waals surface area (Å²) < 4.78 is 23.4. The van der Waals surface area contributed by atoms with Crippen molar-refractivity contribution in [2.45, 2.75) is 13.0 Å². The first kappa shape index (κ1) is 11.9. The molecule has 0 saturated carbocycles. The van der Waals surface area contributed by atoms with Crippen LogP contribution in [0.25, 0.3) is 0 Å². The molecule has 0 aromatic heterocycles. The Labute approximate surface area is 98.9 Å². The lowest BCUT2D eigenvalue weighted by Gasteiger charge is -2.20. The molecule has 0 N–H and O–H groups in total. The number of carbonyl (C=O) groups excluding carboxylic acids is 1. The Kier molecular flexibility index (Phi) is 3.28. The first-order chi connectivity index (χ1) is 8.13. The Balaban J connectivity index is 2.29. The lowest BCUT2D eigenvalue weighted by molar-refractivity contribution is 0.157. The van der Waals surface area contributed by atoms with Crippen molar-refractivity contribution >= 4 is 11.8 Å². The van der Waals surface area contributed by atoms with Gasteiger partial charge in [-0.2, -0.15) is 0 Å². The molecule has 1 amide bonds. The number of ether oxygens (including phenoxy) is 2. The third-order valence-corrected chi connectivity index (χ3v) is 2.75.